The van der Waals surface area contributed by atoms with Gasteiger partial charge < -0.3 is 14.8 Å². The van der Waals surface area contributed by atoms with E-state index in [0.717, 1.165) is 11.1 Å². The van der Waals surface area contributed by atoms with Crippen molar-refractivity contribution >= 4 is 51.1 Å². The van der Waals surface area contributed by atoms with Gasteiger partial charge in [0.2, 0.25) is 0 Å². The second kappa shape index (κ2) is 8.68. The molecule has 3 aromatic carbocycles. The largest absolute Gasteiger partial charge is 0.490 e. The van der Waals surface area contributed by atoms with Gasteiger partial charge in [-0.05, 0) is 53.1 Å². The third kappa shape index (κ3) is 4.60. The summed E-state index contributed by atoms with van der Waals surface area (Å²) in [6, 6.07) is 20.2. The van der Waals surface area contributed by atoms with Crippen LogP contribution in [0.5, 0.6) is 11.5 Å². The number of ether oxygens (including phenoxy) is 2. The maximum Gasteiger partial charge on any atom is 0.263 e. The van der Waals surface area contributed by atoms with Crippen molar-refractivity contribution in [3.63, 3.8) is 0 Å². The first-order valence-electron chi connectivity index (χ1n) is 9.24. The average molecular weight is 422 g/mol. The molecule has 6 heteroatoms. The summed E-state index contributed by atoms with van der Waals surface area (Å²) in [4.78, 5) is 12.4. The molecule has 3 aromatic rings. The van der Waals surface area contributed by atoms with Crippen LogP contribution in [0.15, 0.2) is 65.6 Å². The molecule has 1 fully saturated rings. The first-order chi connectivity index (χ1) is 14.1. The quantitative estimate of drug-likeness (QED) is 0.432. The Kier molecular flexibility index (Phi) is 5.83. The van der Waals surface area contributed by atoms with Crippen molar-refractivity contribution in [2.45, 2.75) is 13.5 Å². The Morgan fingerprint density at radius 2 is 1.83 bits per heavy atom. The molecule has 0 unspecified atom stereocenters. The predicted octanol–water partition coefficient (Wildman–Crippen LogP) is 5.31. The van der Waals surface area contributed by atoms with Crippen LogP contribution >= 0.6 is 24.0 Å². The SMILES string of the molecule is CCOc1cc(C=C2SC(=S)NC2=O)ccc1OCc1ccc2ccccc2c1. The van der Waals surface area contributed by atoms with E-state index in [2.05, 4.69) is 35.6 Å². The number of amides is 1. The molecule has 1 amide bonds. The van der Waals surface area contributed by atoms with Gasteiger partial charge in [-0.1, -0.05) is 66.4 Å². The molecule has 0 atom stereocenters. The number of rotatable bonds is 6. The van der Waals surface area contributed by atoms with Gasteiger partial charge in [0, 0.05) is 0 Å². The van der Waals surface area contributed by atoms with E-state index in [1.54, 1.807) is 6.08 Å². The monoisotopic (exact) mass is 421 g/mol. The van der Waals surface area contributed by atoms with Crippen molar-refractivity contribution in [1.29, 1.82) is 0 Å². The molecule has 1 heterocycles. The minimum atomic E-state index is -0.172. The number of benzene rings is 3. The van der Waals surface area contributed by atoms with Crippen LogP contribution in [-0.2, 0) is 11.4 Å². The van der Waals surface area contributed by atoms with Crippen molar-refractivity contribution in [1.82, 2.24) is 5.32 Å². The van der Waals surface area contributed by atoms with Crippen LogP contribution in [-0.4, -0.2) is 16.8 Å². The van der Waals surface area contributed by atoms with Crippen LogP contribution in [0.1, 0.15) is 18.1 Å². The van der Waals surface area contributed by atoms with Crippen molar-refractivity contribution in [2.24, 2.45) is 0 Å². The Bertz CT molecular complexity index is 1120. The summed E-state index contributed by atoms with van der Waals surface area (Å²) in [6.07, 6.45) is 1.80. The number of hydrogen-bond acceptors (Lipinski definition) is 5. The van der Waals surface area contributed by atoms with Gasteiger partial charge in [0.15, 0.2) is 11.5 Å². The van der Waals surface area contributed by atoms with Gasteiger partial charge >= 0.3 is 0 Å². The standard InChI is InChI=1S/C23H19NO3S2/c1-2-26-20-12-15(13-21-22(25)24-23(28)29-21)8-10-19(20)27-14-16-7-9-17-5-3-4-6-18(17)11-16/h3-13H,2,14H2,1H3,(H,24,25,28). The second-order valence-electron chi connectivity index (χ2n) is 6.46. The minimum Gasteiger partial charge on any atom is -0.490 e. The van der Waals surface area contributed by atoms with Gasteiger partial charge in [-0.15, -0.1) is 0 Å². The first kappa shape index (κ1) is 19.5. The molecule has 0 bridgehead atoms. The predicted molar refractivity (Wildman–Crippen MR) is 122 cm³/mol. The van der Waals surface area contributed by atoms with E-state index in [0.29, 0.717) is 33.9 Å². The molecule has 1 N–H and O–H groups in total. The van der Waals surface area contributed by atoms with Gasteiger partial charge in [0.1, 0.15) is 10.9 Å². The zero-order valence-corrected chi connectivity index (χ0v) is 17.4. The van der Waals surface area contributed by atoms with Crippen LogP contribution < -0.4 is 14.8 Å². The van der Waals surface area contributed by atoms with E-state index < -0.39 is 0 Å². The Morgan fingerprint density at radius 3 is 2.59 bits per heavy atom. The normalized spacial score (nSPS) is 15.0. The van der Waals surface area contributed by atoms with E-state index in [4.69, 9.17) is 21.7 Å². The van der Waals surface area contributed by atoms with Gasteiger partial charge in [-0.25, -0.2) is 0 Å². The zero-order chi connectivity index (χ0) is 20.2. The van der Waals surface area contributed by atoms with Crippen LogP contribution in [0.25, 0.3) is 16.8 Å². The van der Waals surface area contributed by atoms with Crippen molar-refractivity contribution in [3.8, 4) is 11.5 Å². The molecule has 4 nitrogen and oxygen atoms in total. The summed E-state index contributed by atoms with van der Waals surface area (Å²) in [5.74, 6) is 1.14. The van der Waals surface area contributed by atoms with Gasteiger partial charge in [-0.3, -0.25) is 4.79 Å². The molecule has 146 valence electrons. The molecule has 29 heavy (non-hydrogen) atoms. The number of nitrogens with one attached hydrogen (secondary N) is 1. The van der Waals surface area contributed by atoms with Crippen molar-refractivity contribution < 1.29 is 14.3 Å². The number of carbonyl (C=O) groups is 1. The molecule has 1 saturated heterocycles. The van der Waals surface area contributed by atoms with Crippen molar-refractivity contribution in [3.05, 3.63) is 76.7 Å². The smallest absolute Gasteiger partial charge is 0.263 e. The lowest BCUT2D eigenvalue weighted by Crippen LogP contribution is -2.17. The Labute approximate surface area is 178 Å². The highest BCUT2D eigenvalue weighted by Crippen LogP contribution is 2.32. The molecule has 0 saturated carbocycles. The summed E-state index contributed by atoms with van der Waals surface area (Å²) >= 11 is 6.29. The average Bonchev–Trinajstić information content (AvgIpc) is 3.04. The number of carbonyl (C=O) groups excluding carboxylic acids is 1. The van der Waals surface area contributed by atoms with E-state index in [-0.39, 0.29) is 5.91 Å². The minimum absolute atomic E-state index is 0.172. The van der Waals surface area contributed by atoms with Crippen LogP contribution in [0, 0.1) is 0 Å². The van der Waals surface area contributed by atoms with Crippen LogP contribution in [0.2, 0.25) is 0 Å². The highest BCUT2D eigenvalue weighted by atomic mass is 32.2. The molecule has 0 aromatic heterocycles. The lowest BCUT2D eigenvalue weighted by molar-refractivity contribution is -0.115. The molecule has 0 spiro atoms. The number of thiocarbonyl (C=S) groups is 1. The molecule has 1 aliphatic rings. The first-order valence-corrected chi connectivity index (χ1v) is 10.5. The summed E-state index contributed by atoms with van der Waals surface area (Å²) in [6.45, 7) is 2.89. The molecular weight excluding hydrogens is 402 g/mol. The Balaban J connectivity index is 1.54. The fraction of sp³-hybridized carbons (Fsp3) is 0.130. The molecule has 0 radical (unpaired) electrons. The second-order valence-corrected chi connectivity index (χ2v) is 8.18. The topological polar surface area (TPSA) is 47.6 Å². The lowest BCUT2D eigenvalue weighted by atomic mass is 10.1. The van der Waals surface area contributed by atoms with E-state index in [1.807, 2.05) is 37.3 Å². The van der Waals surface area contributed by atoms with Crippen LogP contribution in [0.3, 0.4) is 0 Å². The van der Waals surface area contributed by atoms with Gasteiger partial charge in [-0.2, -0.15) is 0 Å². The number of hydrogen-bond donors (Lipinski definition) is 1. The van der Waals surface area contributed by atoms with Gasteiger partial charge in [0.05, 0.1) is 11.5 Å². The fourth-order valence-electron chi connectivity index (χ4n) is 3.06. The molecular formula is C23H19NO3S2. The molecule has 4 rings (SSSR count). The van der Waals surface area contributed by atoms with Gasteiger partial charge in [0.25, 0.3) is 5.91 Å². The molecule has 0 aliphatic carbocycles. The van der Waals surface area contributed by atoms with Crippen molar-refractivity contribution in [2.75, 3.05) is 6.61 Å². The molecule has 1 aliphatic heterocycles. The number of fused-ring (bicyclic) bond motifs is 1. The van der Waals surface area contributed by atoms with E-state index >= 15 is 0 Å². The summed E-state index contributed by atoms with van der Waals surface area (Å²) in [5.41, 5.74) is 1.94. The van der Waals surface area contributed by atoms with E-state index in [1.165, 1.54) is 22.5 Å². The summed E-state index contributed by atoms with van der Waals surface area (Å²) in [5, 5.41) is 5.01. The number of thioether (sulfide) groups is 1. The third-order valence-corrected chi connectivity index (χ3v) is 5.58. The Hall–Kier alpha value is -2.83. The Morgan fingerprint density at radius 1 is 1.00 bits per heavy atom. The zero-order valence-electron chi connectivity index (χ0n) is 15.8. The fourth-order valence-corrected chi connectivity index (χ4v) is 4.11. The summed E-state index contributed by atoms with van der Waals surface area (Å²) < 4.78 is 12.3. The van der Waals surface area contributed by atoms with E-state index in [9.17, 15) is 4.79 Å². The highest BCUT2D eigenvalue weighted by molar-refractivity contribution is 8.26. The van der Waals surface area contributed by atoms with Crippen LogP contribution in [0.4, 0.5) is 0 Å². The summed E-state index contributed by atoms with van der Waals surface area (Å²) in [7, 11) is 0. The third-order valence-electron chi connectivity index (χ3n) is 4.42. The maximum atomic E-state index is 11.9. The lowest BCUT2D eigenvalue weighted by Gasteiger charge is -2.13. The maximum absolute atomic E-state index is 11.9. The highest BCUT2D eigenvalue weighted by Gasteiger charge is 2.22.